The molecule has 3 rings (SSSR count). The van der Waals surface area contributed by atoms with Gasteiger partial charge in [0.05, 0.1) is 18.6 Å². The minimum Gasteiger partial charge on any atom is -0.496 e. The Kier molecular flexibility index (Phi) is 7.46. The van der Waals surface area contributed by atoms with Crippen molar-refractivity contribution in [3.63, 3.8) is 0 Å². The van der Waals surface area contributed by atoms with Crippen LogP contribution >= 0.6 is 11.8 Å². The second kappa shape index (κ2) is 10.2. The van der Waals surface area contributed by atoms with E-state index in [4.69, 9.17) is 4.74 Å². The molecule has 0 saturated heterocycles. The first-order valence-electron chi connectivity index (χ1n) is 9.67. The highest BCUT2D eigenvalue weighted by molar-refractivity contribution is 7.99. The molecule has 30 heavy (non-hydrogen) atoms. The molecular weight excluding hydrogens is 403 g/mol. The molecule has 1 heterocycles. The van der Waals surface area contributed by atoms with E-state index in [1.54, 1.807) is 19.2 Å². The van der Waals surface area contributed by atoms with E-state index in [-0.39, 0.29) is 17.3 Å². The van der Waals surface area contributed by atoms with Gasteiger partial charge in [0.25, 0.3) is 0 Å². The van der Waals surface area contributed by atoms with Gasteiger partial charge in [-0.25, -0.2) is 4.39 Å². The SMILES string of the molecule is COc1ccc(CCCc2nnc(SCC(=O)Nc3ccccc3F)n2C)cc1C. The standard InChI is InChI=1S/C22H25FN4O2S/c1-15-13-16(11-12-19(15)29-3)7-6-10-20-25-26-22(27(20)2)30-14-21(28)24-18-9-5-4-8-17(18)23/h4-5,8-9,11-13H,6-7,10,14H2,1-3H3,(H,24,28). The van der Waals surface area contributed by atoms with Gasteiger partial charge in [-0.2, -0.15) is 0 Å². The van der Waals surface area contributed by atoms with Crippen LogP contribution < -0.4 is 10.1 Å². The normalized spacial score (nSPS) is 10.8. The van der Waals surface area contributed by atoms with Crippen LogP contribution in [0, 0.1) is 12.7 Å². The number of ether oxygens (including phenoxy) is 1. The number of thioether (sulfide) groups is 1. The van der Waals surface area contributed by atoms with E-state index in [9.17, 15) is 9.18 Å². The Bertz CT molecular complexity index is 1020. The zero-order chi connectivity index (χ0) is 21.5. The topological polar surface area (TPSA) is 69.0 Å². The minimum atomic E-state index is -0.455. The first-order chi connectivity index (χ1) is 14.5. The molecule has 1 aromatic heterocycles. The highest BCUT2D eigenvalue weighted by Gasteiger charge is 2.12. The fourth-order valence-corrected chi connectivity index (χ4v) is 3.84. The molecule has 0 unspecified atom stereocenters. The van der Waals surface area contributed by atoms with Gasteiger partial charge in [0.1, 0.15) is 17.4 Å². The summed E-state index contributed by atoms with van der Waals surface area (Å²) in [6.45, 7) is 2.04. The lowest BCUT2D eigenvalue weighted by atomic mass is 10.0. The van der Waals surface area contributed by atoms with Crippen LogP contribution in [0.1, 0.15) is 23.4 Å². The number of halogens is 1. The number of carbonyl (C=O) groups excluding carboxylic acids is 1. The zero-order valence-electron chi connectivity index (χ0n) is 17.3. The molecule has 0 bridgehead atoms. The molecule has 2 aromatic carbocycles. The van der Waals surface area contributed by atoms with Crippen LogP contribution in [-0.2, 0) is 24.7 Å². The molecule has 6 nitrogen and oxygen atoms in total. The molecule has 158 valence electrons. The summed E-state index contributed by atoms with van der Waals surface area (Å²) >= 11 is 1.28. The van der Waals surface area contributed by atoms with Crippen molar-refractivity contribution in [2.45, 2.75) is 31.3 Å². The summed E-state index contributed by atoms with van der Waals surface area (Å²) in [6.07, 6.45) is 2.66. The van der Waals surface area contributed by atoms with E-state index in [0.29, 0.717) is 5.16 Å². The van der Waals surface area contributed by atoms with Crippen LogP contribution in [-0.4, -0.2) is 33.5 Å². The average Bonchev–Trinajstić information content (AvgIpc) is 3.08. The Morgan fingerprint density at radius 1 is 1.20 bits per heavy atom. The number of amides is 1. The van der Waals surface area contributed by atoms with Crippen molar-refractivity contribution in [3.8, 4) is 5.75 Å². The first-order valence-corrected chi connectivity index (χ1v) is 10.7. The summed E-state index contributed by atoms with van der Waals surface area (Å²) < 4.78 is 20.8. The van der Waals surface area contributed by atoms with Crippen LogP contribution in [0.15, 0.2) is 47.6 Å². The molecule has 0 aliphatic carbocycles. The zero-order valence-corrected chi connectivity index (χ0v) is 18.1. The molecule has 0 fully saturated rings. The number of para-hydroxylation sites is 1. The Balaban J connectivity index is 1.49. The molecular formula is C22H25FN4O2S. The summed E-state index contributed by atoms with van der Waals surface area (Å²) in [4.78, 5) is 12.1. The average molecular weight is 429 g/mol. The molecule has 1 N–H and O–H groups in total. The van der Waals surface area contributed by atoms with Crippen molar-refractivity contribution in [2.75, 3.05) is 18.2 Å². The molecule has 0 saturated carbocycles. The summed E-state index contributed by atoms with van der Waals surface area (Å²) in [5.74, 6) is 1.16. The van der Waals surface area contributed by atoms with Crippen molar-refractivity contribution < 1.29 is 13.9 Å². The van der Waals surface area contributed by atoms with Crippen LogP contribution in [0.2, 0.25) is 0 Å². The predicted molar refractivity (Wildman–Crippen MR) is 117 cm³/mol. The Hall–Kier alpha value is -2.87. The van der Waals surface area contributed by atoms with Gasteiger partial charge in [0.2, 0.25) is 5.91 Å². The Labute approximate surface area is 179 Å². The van der Waals surface area contributed by atoms with Crippen molar-refractivity contribution >= 4 is 23.4 Å². The number of benzene rings is 2. The third-order valence-corrected chi connectivity index (χ3v) is 5.75. The fraction of sp³-hybridized carbons (Fsp3) is 0.318. The van der Waals surface area contributed by atoms with Gasteiger partial charge in [-0.1, -0.05) is 36.0 Å². The maximum absolute atomic E-state index is 13.6. The number of hydrogen-bond acceptors (Lipinski definition) is 5. The number of aromatic nitrogens is 3. The lowest BCUT2D eigenvalue weighted by molar-refractivity contribution is -0.113. The van der Waals surface area contributed by atoms with Crippen molar-refractivity contribution in [1.29, 1.82) is 0 Å². The quantitative estimate of drug-likeness (QED) is 0.518. The molecule has 0 aliphatic rings. The number of rotatable bonds is 9. The van der Waals surface area contributed by atoms with Crippen LogP contribution in [0.3, 0.4) is 0 Å². The summed E-state index contributed by atoms with van der Waals surface area (Å²) in [6, 6.07) is 12.3. The lowest BCUT2D eigenvalue weighted by Crippen LogP contribution is -2.15. The van der Waals surface area contributed by atoms with Crippen LogP contribution in [0.25, 0.3) is 0 Å². The van der Waals surface area contributed by atoms with Crippen molar-refractivity contribution in [2.24, 2.45) is 7.05 Å². The van der Waals surface area contributed by atoms with Crippen molar-refractivity contribution in [3.05, 3.63) is 65.2 Å². The number of nitrogens with zero attached hydrogens (tertiary/aromatic N) is 3. The van der Waals surface area contributed by atoms with E-state index in [0.717, 1.165) is 36.4 Å². The highest BCUT2D eigenvalue weighted by Crippen LogP contribution is 2.21. The van der Waals surface area contributed by atoms with E-state index in [2.05, 4.69) is 27.6 Å². The van der Waals surface area contributed by atoms with Gasteiger partial charge in [0.15, 0.2) is 5.16 Å². The van der Waals surface area contributed by atoms with Crippen LogP contribution in [0.5, 0.6) is 5.75 Å². The predicted octanol–water partition coefficient (Wildman–Crippen LogP) is 4.18. The number of methoxy groups -OCH3 is 1. The van der Waals surface area contributed by atoms with E-state index in [1.165, 1.54) is 29.5 Å². The maximum Gasteiger partial charge on any atom is 0.234 e. The van der Waals surface area contributed by atoms with Gasteiger partial charge in [-0.15, -0.1) is 10.2 Å². The summed E-state index contributed by atoms with van der Waals surface area (Å²) in [7, 11) is 3.57. The number of carbonyl (C=O) groups is 1. The van der Waals surface area contributed by atoms with Gasteiger partial charge < -0.3 is 14.6 Å². The highest BCUT2D eigenvalue weighted by atomic mass is 32.2. The molecule has 0 aliphatic heterocycles. The molecule has 0 radical (unpaired) electrons. The maximum atomic E-state index is 13.6. The monoisotopic (exact) mass is 428 g/mol. The number of anilines is 1. The second-order valence-corrected chi connectivity index (χ2v) is 7.87. The second-order valence-electron chi connectivity index (χ2n) is 6.93. The summed E-state index contributed by atoms with van der Waals surface area (Å²) in [5, 5.41) is 11.7. The summed E-state index contributed by atoms with van der Waals surface area (Å²) in [5.41, 5.74) is 2.56. The number of hydrogen-bond donors (Lipinski definition) is 1. The van der Waals surface area contributed by atoms with E-state index in [1.807, 2.05) is 24.6 Å². The van der Waals surface area contributed by atoms with E-state index < -0.39 is 5.82 Å². The van der Waals surface area contributed by atoms with Gasteiger partial charge in [0, 0.05) is 13.5 Å². The third-order valence-electron chi connectivity index (χ3n) is 4.73. The van der Waals surface area contributed by atoms with E-state index >= 15 is 0 Å². The smallest absolute Gasteiger partial charge is 0.234 e. The van der Waals surface area contributed by atoms with Crippen molar-refractivity contribution in [1.82, 2.24) is 14.8 Å². The first kappa shape index (κ1) is 21.8. The molecule has 1 amide bonds. The molecule has 8 heteroatoms. The lowest BCUT2D eigenvalue weighted by Gasteiger charge is -2.08. The molecule has 0 atom stereocenters. The number of nitrogens with one attached hydrogen (secondary N) is 1. The Morgan fingerprint density at radius 2 is 2.00 bits per heavy atom. The van der Waals surface area contributed by atoms with Gasteiger partial charge in [-0.05, 0) is 49.1 Å². The largest absolute Gasteiger partial charge is 0.496 e. The Morgan fingerprint density at radius 3 is 2.73 bits per heavy atom. The number of aryl methyl sites for hydroxylation is 3. The van der Waals surface area contributed by atoms with Gasteiger partial charge >= 0.3 is 0 Å². The van der Waals surface area contributed by atoms with Gasteiger partial charge in [-0.3, -0.25) is 4.79 Å². The minimum absolute atomic E-state index is 0.130. The molecule has 3 aromatic rings. The molecule has 0 spiro atoms. The van der Waals surface area contributed by atoms with Crippen LogP contribution in [0.4, 0.5) is 10.1 Å². The third kappa shape index (κ3) is 5.60. The fourth-order valence-electron chi connectivity index (χ4n) is 3.11.